The Morgan fingerprint density at radius 3 is 2.37 bits per heavy atom. The van der Waals surface area contributed by atoms with Crippen LogP contribution in [0.5, 0.6) is 0 Å². The van der Waals surface area contributed by atoms with Crippen LogP contribution in [-0.4, -0.2) is 48.9 Å². The van der Waals surface area contributed by atoms with Gasteiger partial charge in [-0.2, -0.15) is 0 Å². The molecule has 1 fully saturated rings. The fraction of sp³-hybridized carbons (Fsp3) is 0.300. The highest BCUT2D eigenvalue weighted by molar-refractivity contribution is 6.36. The van der Waals surface area contributed by atoms with Gasteiger partial charge in [-0.15, -0.1) is 0 Å². The Hall–Kier alpha value is -2.08. The lowest BCUT2D eigenvalue weighted by Gasteiger charge is -2.34. The molecule has 0 aliphatic carbocycles. The molecule has 2 N–H and O–H groups in total. The van der Waals surface area contributed by atoms with Crippen LogP contribution in [0.3, 0.4) is 0 Å². The van der Waals surface area contributed by atoms with Crippen LogP contribution in [0.15, 0.2) is 48.5 Å². The maximum absolute atomic E-state index is 12.6. The predicted molar refractivity (Wildman–Crippen MR) is 108 cm³/mol. The Morgan fingerprint density at radius 1 is 1.07 bits per heavy atom. The number of hydrogen-bond donors (Lipinski definition) is 2. The quantitative estimate of drug-likeness (QED) is 0.818. The third-order valence-electron chi connectivity index (χ3n) is 4.91. The van der Waals surface area contributed by atoms with Gasteiger partial charge in [0.1, 0.15) is 0 Å². The molecule has 0 unspecified atom stereocenters. The predicted octanol–water partition coefficient (Wildman–Crippen LogP) is 2.36. The first-order chi connectivity index (χ1) is 13.0. The fourth-order valence-electron chi connectivity index (χ4n) is 3.21. The molecule has 0 spiro atoms. The van der Waals surface area contributed by atoms with Gasteiger partial charge in [-0.1, -0.05) is 41.4 Å². The third kappa shape index (κ3) is 4.80. The number of nitrogens with one attached hydrogen (secondary N) is 2. The first-order valence-electron chi connectivity index (χ1n) is 8.90. The highest BCUT2D eigenvalue weighted by Crippen LogP contribution is 2.25. The molecule has 1 heterocycles. The van der Waals surface area contributed by atoms with Crippen molar-refractivity contribution in [2.24, 2.45) is 0 Å². The van der Waals surface area contributed by atoms with Crippen molar-refractivity contribution >= 4 is 40.7 Å². The SMILES string of the molecule is C[C@@H](C(=O)Nc1ccc(Cl)cc1Cl)[NH+]1CCN(C(=O)c2ccccc2)CC1. The number of halogens is 2. The summed E-state index contributed by atoms with van der Waals surface area (Å²) >= 11 is 12.0. The molecule has 2 amide bonds. The molecule has 0 bridgehead atoms. The molecule has 1 saturated heterocycles. The maximum atomic E-state index is 12.6. The van der Waals surface area contributed by atoms with E-state index >= 15 is 0 Å². The van der Waals surface area contributed by atoms with Crippen LogP contribution in [0.1, 0.15) is 17.3 Å². The van der Waals surface area contributed by atoms with Crippen LogP contribution < -0.4 is 10.2 Å². The summed E-state index contributed by atoms with van der Waals surface area (Å²) in [7, 11) is 0. The van der Waals surface area contributed by atoms with Crippen molar-refractivity contribution in [1.29, 1.82) is 0 Å². The van der Waals surface area contributed by atoms with Gasteiger partial charge in [-0.3, -0.25) is 9.59 Å². The molecule has 1 aliphatic heterocycles. The molecule has 5 nitrogen and oxygen atoms in total. The van der Waals surface area contributed by atoms with Crippen LogP contribution in [0.25, 0.3) is 0 Å². The van der Waals surface area contributed by atoms with Crippen LogP contribution in [0.2, 0.25) is 10.0 Å². The summed E-state index contributed by atoms with van der Waals surface area (Å²) in [4.78, 5) is 28.1. The van der Waals surface area contributed by atoms with Gasteiger partial charge in [0.2, 0.25) is 0 Å². The number of hydrogen-bond acceptors (Lipinski definition) is 2. The zero-order valence-electron chi connectivity index (χ0n) is 15.0. The van der Waals surface area contributed by atoms with Gasteiger partial charge in [0.25, 0.3) is 11.8 Å². The minimum atomic E-state index is -0.245. The van der Waals surface area contributed by atoms with Gasteiger partial charge >= 0.3 is 0 Å². The summed E-state index contributed by atoms with van der Waals surface area (Å²) in [6.45, 7) is 4.59. The Morgan fingerprint density at radius 2 is 1.74 bits per heavy atom. The van der Waals surface area contributed by atoms with Crippen molar-refractivity contribution in [3.05, 3.63) is 64.1 Å². The molecule has 27 heavy (non-hydrogen) atoms. The molecule has 7 heteroatoms. The monoisotopic (exact) mass is 406 g/mol. The number of amides is 2. The number of rotatable bonds is 4. The summed E-state index contributed by atoms with van der Waals surface area (Å²) in [6.07, 6.45) is 0. The average Bonchev–Trinajstić information content (AvgIpc) is 2.69. The Kier molecular flexibility index (Phi) is 6.37. The van der Waals surface area contributed by atoms with Crippen LogP contribution >= 0.6 is 23.2 Å². The van der Waals surface area contributed by atoms with Crippen molar-refractivity contribution in [2.75, 3.05) is 31.5 Å². The highest BCUT2D eigenvalue weighted by Gasteiger charge is 2.31. The summed E-state index contributed by atoms with van der Waals surface area (Å²) < 4.78 is 0. The van der Waals surface area contributed by atoms with E-state index in [1.54, 1.807) is 18.2 Å². The zero-order valence-corrected chi connectivity index (χ0v) is 16.6. The smallest absolute Gasteiger partial charge is 0.282 e. The molecule has 3 rings (SSSR count). The van der Waals surface area contributed by atoms with Crippen molar-refractivity contribution in [3.8, 4) is 0 Å². The third-order valence-corrected chi connectivity index (χ3v) is 5.46. The summed E-state index contributed by atoms with van der Waals surface area (Å²) in [5.74, 6) is -0.0586. The number of carbonyl (C=O) groups is 2. The van der Waals surface area contributed by atoms with Gasteiger partial charge in [0, 0.05) is 10.6 Å². The minimum Gasteiger partial charge on any atom is -0.327 e. The first-order valence-corrected chi connectivity index (χ1v) is 9.66. The van der Waals surface area contributed by atoms with Crippen LogP contribution in [0, 0.1) is 0 Å². The molecule has 1 atom stereocenters. The van der Waals surface area contributed by atoms with E-state index in [9.17, 15) is 9.59 Å². The van der Waals surface area contributed by atoms with Gasteiger partial charge < -0.3 is 15.1 Å². The Balaban J connectivity index is 1.55. The van der Waals surface area contributed by atoms with Crippen molar-refractivity contribution in [1.82, 2.24) is 4.90 Å². The van der Waals surface area contributed by atoms with E-state index < -0.39 is 0 Å². The minimum absolute atomic E-state index is 0.0414. The molecule has 1 aliphatic rings. The van der Waals surface area contributed by atoms with Gasteiger partial charge in [0.15, 0.2) is 6.04 Å². The van der Waals surface area contributed by atoms with E-state index in [1.165, 1.54) is 0 Å². The van der Waals surface area contributed by atoms with Crippen molar-refractivity contribution in [3.63, 3.8) is 0 Å². The molecular weight excluding hydrogens is 385 g/mol. The number of nitrogens with zero attached hydrogens (tertiary/aromatic N) is 1. The lowest BCUT2D eigenvalue weighted by Crippen LogP contribution is -3.19. The lowest BCUT2D eigenvalue weighted by molar-refractivity contribution is -0.917. The summed E-state index contributed by atoms with van der Waals surface area (Å²) in [5, 5.41) is 3.80. The van der Waals surface area contributed by atoms with E-state index in [0.29, 0.717) is 34.4 Å². The lowest BCUT2D eigenvalue weighted by atomic mass is 10.1. The van der Waals surface area contributed by atoms with E-state index in [-0.39, 0.29) is 17.9 Å². The number of anilines is 1. The van der Waals surface area contributed by atoms with E-state index in [4.69, 9.17) is 23.2 Å². The Labute approximate surface area is 168 Å². The molecule has 2 aromatic rings. The molecular formula is C20H22Cl2N3O2+. The van der Waals surface area contributed by atoms with Gasteiger partial charge in [-0.25, -0.2) is 0 Å². The summed E-state index contributed by atoms with van der Waals surface area (Å²) in [6, 6.07) is 14.0. The highest BCUT2D eigenvalue weighted by atomic mass is 35.5. The molecule has 0 radical (unpaired) electrons. The van der Waals surface area contributed by atoms with E-state index in [2.05, 4.69) is 5.32 Å². The second-order valence-corrected chi connectivity index (χ2v) is 7.50. The number of piperazine rings is 1. The van der Waals surface area contributed by atoms with Crippen LogP contribution in [-0.2, 0) is 4.79 Å². The van der Waals surface area contributed by atoms with E-state index in [1.807, 2.05) is 42.2 Å². The van der Waals surface area contributed by atoms with Crippen LogP contribution in [0.4, 0.5) is 5.69 Å². The number of benzene rings is 2. The average molecular weight is 407 g/mol. The first kappa shape index (κ1) is 19.7. The molecule has 0 saturated carbocycles. The number of quaternary nitrogens is 1. The van der Waals surface area contributed by atoms with Crippen molar-refractivity contribution in [2.45, 2.75) is 13.0 Å². The second-order valence-electron chi connectivity index (χ2n) is 6.65. The van der Waals surface area contributed by atoms with Crippen molar-refractivity contribution < 1.29 is 14.5 Å². The normalized spacial score (nSPS) is 16.0. The topological polar surface area (TPSA) is 53.9 Å². The molecule has 0 aromatic heterocycles. The van der Waals surface area contributed by atoms with Gasteiger partial charge in [-0.05, 0) is 37.3 Å². The van der Waals surface area contributed by atoms with Gasteiger partial charge in [0.05, 0.1) is 36.9 Å². The fourth-order valence-corrected chi connectivity index (χ4v) is 3.67. The summed E-state index contributed by atoms with van der Waals surface area (Å²) in [5.41, 5.74) is 1.25. The molecule has 142 valence electrons. The number of carbonyl (C=O) groups excluding carboxylic acids is 2. The Bertz CT molecular complexity index is 821. The zero-order chi connectivity index (χ0) is 19.4. The standard InChI is InChI=1S/C20H21Cl2N3O2/c1-14(19(26)23-18-8-7-16(21)13-17(18)22)24-9-11-25(12-10-24)20(27)15-5-3-2-4-6-15/h2-8,13-14H,9-12H2,1H3,(H,23,26)/p+1/t14-/m0/s1. The van der Waals surface area contributed by atoms with E-state index in [0.717, 1.165) is 18.0 Å². The largest absolute Gasteiger partial charge is 0.327 e. The molecule has 2 aromatic carbocycles. The maximum Gasteiger partial charge on any atom is 0.282 e. The second kappa shape index (κ2) is 8.74.